The summed E-state index contributed by atoms with van der Waals surface area (Å²) < 4.78 is 5.49. The first-order valence-corrected chi connectivity index (χ1v) is 11.9. The summed E-state index contributed by atoms with van der Waals surface area (Å²) in [6.45, 7) is 7.10. The van der Waals surface area contributed by atoms with Crippen molar-refractivity contribution in [3.63, 3.8) is 0 Å². The maximum atomic E-state index is 11.3. The second kappa shape index (κ2) is 13.2. The third-order valence-corrected chi connectivity index (χ3v) is 6.19. The zero-order valence-electron chi connectivity index (χ0n) is 21.3. The van der Waals surface area contributed by atoms with Crippen molar-refractivity contribution in [2.75, 3.05) is 11.1 Å². The van der Waals surface area contributed by atoms with Gasteiger partial charge in [0, 0.05) is 23.7 Å². The van der Waals surface area contributed by atoms with Crippen molar-refractivity contribution in [2.45, 2.75) is 46.6 Å². The molecule has 3 rings (SSSR count). The van der Waals surface area contributed by atoms with Crippen molar-refractivity contribution in [2.24, 2.45) is 0 Å². The summed E-state index contributed by atoms with van der Waals surface area (Å²) in [7, 11) is 0. The lowest BCUT2D eigenvalue weighted by atomic mass is 10.0. The molecule has 13 heteroatoms. The molecule has 0 bridgehead atoms. The summed E-state index contributed by atoms with van der Waals surface area (Å²) in [4.78, 5) is 31.4. The molecule has 0 fully saturated rings. The number of nitrogens with two attached hydrogens (primary N) is 1. The van der Waals surface area contributed by atoms with E-state index >= 15 is 0 Å². The normalized spacial score (nSPS) is 10.4. The van der Waals surface area contributed by atoms with Gasteiger partial charge in [-0.1, -0.05) is 43.6 Å². The molecule has 3 aromatic rings. The van der Waals surface area contributed by atoms with E-state index in [9.17, 15) is 30.3 Å². The van der Waals surface area contributed by atoms with E-state index in [0.717, 1.165) is 12.8 Å². The Morgan fingerprint density at radius 1 is 0.921 bits per heavy atom. The Kier molecular flexibility index (Phi) is 10.3. The molecule has 0 aliphatic heterocycles. The molecule has 0 atom stereocenters. The molecule has 0 saturated carbocycles. The molecule has 3 N–H and O–H groups in total. The number of rotatable bonds is 9. The molecule has 0 aromatic heterocycles. The topological polar surface area (TPSA) is 177 Å². The highest BCUT2D eigenvalue weighted by molar-refractivity contribution is 6.35. The van der Waals surface area contributed by atoms with Crippen LogP contribution >= 0.6 is 11.6 Å². The van der Waals surface area contributed by atoms with E-state index < -0.39 is 14.8 Å². The largest absolute Gasteiger partial charge is 0.456 e. The van der Waals surface area contributed by atoms with Crippen molar-refractivity contribution in [3.05, 3.63) is 95.0 Å². The number of anilines is 2. The van der Waals surface area contributed by atoms with E-state index in [1.165, 1.54) is 18.2 Å². The number of halogens is 1. The third kappa shape index (κ3) is 7.07. The third-order valence-electron chi connectivity index (χ3n) is 5.80. The number of para-hydroxylation sites is 1. The van der Waals surface area contributed by atoms with Crippen LogP contribution in [0.3, 0.4) is 0 Å². The number of hydrogen-bond donors (Lipinski definition) is 2. The molecular weight excluding hydrogens is 518 g/mol. The molecule has 0 aliphatic rings. The molecule has 0 unspecified atom stereocenters. The highest BCUT2D eigenvalue weighted by atomic mass is 35.5. The van der Waals surface area contributed by atoms with E-state index in [1.54, 1.807) is 38.1 Å². The maximum Gasteiger partial charge on any atom is 0.302 e. The molecule has 3 aromatic carbocycles. The second-order valence-corrected chi connectivity index (χ2v) is 8.59. The quantitative estimate of drug-likeness (QED) is 0.158. The van der Waals surface area contributed by atoms with Gasteiger partial charge in [0.15, 0.2) is 5.69 Å². The second-order valence-electron chi connectivity index (χ2n) is 8.22. The van der Waals surface area contributed by atoms with Gasteiger partial charge < -0.3 is 15.8 Å². The molecule has 0 radical (unpaired) electrons. The Balaban J connectivity index is 0.000000268. The minimum absolute atomic E-state index is 0.0109. The monoisotopic (exact) mass is 545 g/mol. The fraction of sp³-hybridized carbons (Fsp3) is 0.280. The van der Waals surface area contributed by atoms with E-state index in [2.05, 4.69) is 5.32 Å². The van der Waals surface area contributed by atoms with Crippen LogP contribution in [0.15, 0.2) is 48.5 Å². The number of nitrogens with one attached hydrogen (secondary N) is 1. The number of aryl methyl sites for hydroxylation is 1. The molecule has 202 valence electrons. The Labute approximate surface area is 223 Å². The fourth-order valence-electron chi connectivity index (χ4n) is 3.51. The van der Waals surface area contributed by atoms with Gasteiger partial charge in [-0.05, 0) is 50.5 Å². The number of benzene rings is 3. The number of hydrogen-bond acceptors (Lipinski definition) is 9. The Morgan fingerprint density at radius 2 is 1.50 bits per heavy atom. The van der Waals surface area contributed by atoms with Gasteiger partial charge in [-0.2, -0.15) is 0 Å². The summed E-state index contributed by atoms with van der Waals surface area (Å²) in [6.07, 6.45) is 1.47. The van der Waals surface area contributed by atoms with Crippen LogP contribution in [0.1, 0.15) is 37.8 Å². The van der Waals surface area contributed by atoms with Crippen molar-refractivity contribution in [1.82, 2.24) is 0 Å². The maximum absolute atomic E-state index is 11.3. The van der Waals surface area contributed by atoms with Crippen LogP contribution in [0.25, 0.3) is 0 Å². The van der Waals surface area contributed by atoms with Gasteiger partial charge in [-0.3, -0.25) is 30.3 Å². The zero-order chi connectivity index (χ0) is 28.6. The van der Waals surface area contributed by atoms with Gasteiger partial charge in [0.05, 0.1) is 14.8 Å². The van der Waals surface area contributed by atoms with E-state index in [0.29, 0.717) is 16.9 Å². The summed E-state index contributed by atoms with van der Waals surface area (Å²) in [6, 6.07) is 13.0. The van der Waals surface area contributed by atoms with Gasteiger partial charge in [-0.15, -0.1) is 0 Å². The van der Waals surface area contributed by atoms with Gasteiger partial charge in [0.2, 0.25) is 0 Å². The lowest BCUT2D eigenvalue weighted by Crippen LogP contribution is -2.19. The first-order chi connectivity index (χ1) is 17.9. The Hall–Kier alpha value is -4.45. The lowest BCUT2D eigenvalue weighted by Gasteiger charge is -2.17. The molecule has 0 saturated heterocycles. The highest BCUT2D eigenvalue weighted by Crippen LogP contribution is 2.40. The van der Waals surface area contributed by atoms with Gasteiger partial charge in [0.25, 0.3) is 11.4 Å². The molecule has 38 heavy (non-hydrogen) atoms. The number of nitrogen functional groups attached to an aromatic ring is 1. The minimum atomic E-state index is -0.590. The van der Waals surface area contributed by atoms with Crippen LogP contribution in [-0.4, -0.2) is 20.8 Å². The molecule has 0 spiro atoms. The van der Waals surface area contributed by atoms with Crippen molar-refractivity contribution >= 4 is 40.0 Å². The van der Waals surface area contributed by atoms with Crippen LogP contribution in [0.2, 0.25) is 5.02 Å². The number of nitro groups is 3. The first-order valence-electron chi connectivity index (χ1n) is 11.6. The molecule has 12 nitrogen and oxygen atoms in total. The average Bonchev–Trinajstić information content (AvgIpc) is 2.87. The predicted octanol–water partition coefficient (Wildman–Crippen LogP) is 7.34. The predicted molar refractivity (Wildman–Crippen MR) is 146 cm³/mol. The smallest absolute Gasteiger partial charge is 0.302 e. The number of ether oxygens (including phenoxy) is 1. The van der Waals surface area contributed by atoms with Crippen LogP contribution in [0.4, 0.5) is 28.4 Å². The minimum Gasteiger partial charge on any atom is -0.456 e. The van der Waals surface area contributed by atoms with Crippen LogP contribution in [0.5, 0.6) is 11.5 Å². The van der Waals surface area contributed by atoms with Crippen LogP contribution in [0, 0.1) is 44.2 Å². The highest BCUT2D eigenvalue weighted by Gasteiger charge is 2.30. The van der Waals surface area contributed by atoms with E-state index in [-0.39, 0.29) is 45.3 Å². The van der Waals surface area contributed by atoms with Crippen LogP contribution in [-0.2, 0) is 0 Å². The molecular formula is C25H28ClN5O7. The Bertz CT molecular complexity index is 1330. The lowest BCUT2D eigenvalue weighted by molar-refractivity contribution is -0.392. The number of nitrogens with zero attached hydrogens (tertiary/aromatic N) is 3. The Morgan fingerprint density at radius 3 is 2.00 bits per heavy atom. The molecule has 0 aliphatic carbocycles. The SMILES string of the molecule is CCC(CC)Nc1c([N+](=O)[O-])cc(C)c(C)c1[N+](=O)[O-].Nc1c([N+](=O)[O-])ccc(Oc2ccccc2)c1Cl. The molecule has 0 amide bonds. The van der Waals surface area contributed by atoms with Crippen molar-refractivity contribution in [3.8, 4) is 11.5 Å². The summed E-state index contributed by atoms with van der Waals surface area (Å²) in [5.41, 5.74) is 5.80. The van der Waals surface area contributed by atoms with Crippen molar-refractivity contribution in [1.29, 1.82) is 0 Å². The van der Waals surface area contributed by atoms with Crippen molar-refractivity contribution < 1.29 is 19.5 Å². The van der Waals surface area contributed by atoms with Gasteiger partial charge in [-0.25, -0.2) is 0 Å². The number of nitro benzene ring substituents is 3. The van der Waals surface area contributed by atoms with Gasteiger partial charge >= 0.3 is 5.69 Å². The summed E-state index contributed by atoms with van der Waals surface area (Å²) in [5, 5.41) is 36.1. The average molecular weight is 546 g/mol. The van der Waals surface area contributed by atoms with E-state index in [1.807, 2.05) is 19.9 Å². The standard InChI is InChI=1S/C13H19N3O4.C12H9ClN2O3/c1-5-10(6-2)14-12-11(15(17)18)7-8(3)9(4)13(12)16(19)20;13-11-10(18-8-4-2-1-3-5-8)7-6-9(12(11)14)15(16)17/h7,10,14H,5-6H2,1-4H3;1-7H,14H2. The fourth-order valence-corrected chi connectivity index (χ4v) is 3.71. The van der Waals surface area contributed by atoms with Crippen LogP contribution < -0.4 is 15.8 Å². The van der Waals surface area contributed by atoms with Gasteiger partial charge in [0.1, 0.15) is 22.2 Å². The first kappa shape index (κ1) is 29.8. The van der Waals surface area contributed by atoms with E-state index in [4.69, 9.17) is 22.1 Å². The summed E-state index contributed by atoms with van der Waals surface area (Å²) >= 11 is 5.94. The zero-order valence-corrected chi connectivity index (χ0v) is 22.0. The molecule has 0 heterocycles. The summed E-state index contributed by atoms with van der Waals surface area (Å²) in [5.74, 6) is 0.860.